The Labute approximate surface area is 169 Å². The van der Waals surface area contributed by atoms with Crippen LogP contribution in [0.25, 0.3) is 11.1 Å². The fourth-order valence-corrected chi connectivity index (χ4v) is 3.61. The number of rotatable bonds is 5. The van der Waals surface area contributed by atoms with Crippen LogP contribution >= 0.6 is 0 Å². The van der Waals surface area contributed by atoms with Crippen LogP contribution in [0.5, 0.6) is 5.75 Å². The molecule has 1 saturated heterocycles. The highest BCUT2D eigenvalue weighted by atomic mass is 16.5. The zero-order valence-corrected chi connectivity index (χ0v) is 16.4. The smallest absolute Gasteiger partial charge is 0.268 e. The predicted molar refractivity (Wildman–Crippen MR) is 108 cm³/mol. The van der Waals surface area contributed by atoms with Crippen LogP contribution < -0.4 is 16.0 Å². The molecule has 3 rings (SSSR count). The molecule has 8 nitrogen and oxygen atoms in total. The van der Waals surface area contributed by atoms with Crippen molar-refractivity contribution in [1.82, 2.24) is 9.88 Å². The van der Waals surface area contributed by atoms with Gasteiger partial charge in [-0.2, -0.15) is 10.5 Å². The molecule has 2 heterocycles. The molecule has 0 radical (unpaired) electrons. The molecule has 0 amide bonds. The number of pyridine rings is 1. The van der Waals surface area contributed by atoms with Gasteiger partial charge in [-0.15, -0.1) is 0 Å². The number of nitrogens with two attached hydrogens (primary N) is 1. The number of hydrogen-bond donors (Lipinski definition) is 2. The molecule has 1 aliphatic rings. The second-order valence-electron chi connectivity index (χ2n) is 7.11. The first-order valence-corrected chi connectivity index (χ1v) is 9.40. The van der Waals surface area contributed by atoms with E-state index >= 15 is 0 Å². The molecule has 1 aromatic heterocycles. The number of H-pyrrole nitrogens is 1. The van der Waals surface area contributed by atoms with E-state index in [1.807, 2.05) is 12.1 Å². The third-order valence-electron chi connectivity index (χ3n) is 4.78. The van der Waals surface area contributed by atoms with E-state index in [-0.39, 0.29) is 34.7 Å². The fraction of sp³-hybridized carbons (Fsp3) is 0.381. The van der Waals surface area contributed by atoms with Crippen LogP contribution in [-0.2, 0) is 4.74 Å². The summed E-state index contributed by atoms with van der Waals surface area (Å²) in [6, 6.07) is 10.7. The molecule has 1 aliphatic heterocycles. The van der Waals surface area contributed by atoms with Crippen molar-refractivity contribution in [1.29, 1.82) is 10.5 Å². The van der Waals surface area contributed by atoms with Crippen molar-refractivity contribution in [3.63, 3.8) is 0 Å². The van der Waals surface area contributed by atoms with E-state index in [4.69, 9.17) is 15.2 Å². The van der Waals surface area contributed by atoms with Crippen LogP contribution in [-0.4, -0.2) is 48.3 Å². The number of morpholine rings is 1. The number of nitrogen functional groups attached to an aromatic ring is 1. The number of hydrogen-bond acceptors (Lipinski definition) is 7. The van der Waals surface area contributed by atoms with Crippen LogP contribution in [0.2, 0.25) is 0 Å². The number of benzene rings is 1. The van der Waals surface area contributed by atoms with Gasteiger partial charge in [-0.05, 0) is 31.5 Å². The van der Waals surface area contributed by atoms with Gasteiger partial charge in [0.15, 0.2) is 0 Å². The maximum Gasteiger partial charge on any atom is 0.268 e. The Hall–Kier alpha value is -3.33. The van der Waals surface area contributed by atoms with Crippen molar-refractivity contribution in [2.75, 3.05) is 32.0 Å². The molecule has 0 bridgehead atoms. The van der Waals surface area contributed by atoms with E-state index in [9.17, 15) is 15.3 Å². The maximum absolute atomic E-state index is 12.0. The number of nitrogens with one attached hydrogen (secondary N) is 1. The molecular weight excluding hydrogens is 370 g/mol. The van der Waals surface area contributed by atoms with Crippen LogP contribution in [0.4, 0.5) is 5.82 Å². The van der Waals surface area contributed by atoms with Crippen LogP contribution in [0.1, 0.15) is 25.0 Å². The molecule has 2 aromatic rings. The lowest BCUT2D eigenvalue weighted by Crippen LogP contribution is -2.46. The van der Waals surface area contributed by atoms with Gasteiger partial charge >= 0.3 is 0 Å². The summed E-state index contributed by atoms with van der Waals surface area (Å²) < 4.78 is 11.6. The van der Waals surface area contributed by atoms with E-state index < -0.39 is 5.56 Å². The molecule has 0 saturated carbocycles. The average Bonchev–Trinajstić information content (AvgIpc) is 2.67. The van der Waals surface area contributed by atoms with E-state index in [0.29, 0.717) is 17.9 Å². The molecule has 0 aliphatic carbocycles. The number of aromatic nitrogens is 1. The van der Waals surface area contributed by atoms with E-state index in [1.54, 1.807) is 24.3 Å². The van der Waals surface area contributed by atoms with Gasteiger partial charge in [0.25, 0.3) is 5.56 Å². The Morgan fingerprint density at radius 3 is 2.38 bits per heavy atom. The van der Waals surface area contributed by atoms with E-state index in [2.05, 4.69) is 23.7 Å². The fourth-order valence-electron chi connectivity index (χ4n) is 3.61. The Morgan fingerprint density at radius 2 is 1.79 bits per heavy atom. The lowest BCUT2D eigenvalue weighted by Gasteiger charge is -2.35. The quantitative estimate of drug-likeness (QED) is 0.793. The Morgan fingerprint density at radius 1 is 1.17 bits per heavy atom. The summed E-state index contributed by atoms with van der Waals surface area (Å²) in [5.74, 6) is 0.610. The van der Waals surface area contributed by atoms with E-state index in [1.165, 1.54) is 0 Å². The van der Waals surface area contributed by atoms with E-state index in [0.717, 1.165) is 19.6 Å². The molecular formula is C21H23N5O3. The first-order chi connectivity index (χ1) is 13.9. The summed E-state index contributed by atoms with van der Waals surface area (Å²) in [6.07, 6.45) is 0.423. The molecule has 2 atom stereocenters. The number of nitriles is 2. The van der Waals surface area contributed by atoms with Crippen LogP contribution in [0.15, 0.2) is 29.1 Å². The molecule has 8 heteroatoms. The van der Waals surface area contributed by atoms with Gasteiger partial charge in [0.1, 0.15) is 41.4 Å². The summed E-state index contributed by atoms with van der Waals surface area (Å²) in [7, 11) is 0. The number of anilines is 1. The van der Waals surface area contributed by atoms with Crippen molar-refractivity contribution in [2.45, 2.75) is 26.1 Å². The third kappa shape index (κ3) is 4.57. The monoisotopic (exact) mass is 393 g/mol. The SMILES string of the molecule is CC1CN(CCOc2ccc(-c3c(C#N)c(N)[nH]c(=O)c3C#N)cc2)CC(C)O1. The minimum atomic E-state index is -0.617. The highest BCUT2D eigenvalue weighted by Gasteiger charge is 2.22. The van der Waals surface area contributed by atoms with Crippen molar-refractivity contribution in [3.05, 3.63) is 45.7 Å². The number of nitrogens with zero attached hydrogens (tertiary/aromatic N) is 3. The standard InChI is InChI=1S/C21H23N5O3/c1-13-11-26(12-14(2)29-13)7-8-28-16-5-3-15(4-6-16)19-17(9-22)20(24)25-21(27)18(19)10-23/h3-6,13-14H,7-8,11-12H2,1-2H3,(H3,24,25,27). The highest BCUT2D eigenvalue weighted by Crippen LogP contribution is 2.29. The first-order valence-electron chi connectivity index (χ1n) is 9.40. The summed E-state index contributed by atoms with van der Waals surface area (Å²) in [5.41, 5.74) is 5.86. The molecule has 150 valence electrons. The molecule has 1 fully saturated rings. The van der Waals surface area contributed by atoms with Crippen molar-refractivity contribution in [3.8, 4) is 29.0 Å². The summed E-state index contributed by atoms with van der Waals surface area (Å²) in [4.78, 5) is 16.7. The van der Waals surface area contributed by atoms with Gasteiger partial charge in [0.05, 0.1) is 12.2 Å². The number of aromatic amines is 1. The third-order valence-corrected chi connectivity index (χ3v) is 4.78. The van der Waals surface area contributed by atoms with Crippen LogP contribution in [0.3, 0.4) is 0 Å². The lowest BCUT2D eigenvalue weighted by atomic mass is 9.97. The molecule has 3 N–H and O–H groups in total. The first kappa shape index (κ1) is 20.4. The average molecular weight is 393 g/mol. The summed E-state index contributed by atoms with van der Waals surface area (Å²) in [6.45, 7) is 7.21. The van der Waals surface area contributed by atoms with Gasteiger partial charge in [-0.1, -0.05) is 12.1 Å². The molecule has 1 aromatic carbocycles. The van der Waals surface area contributed by atoms with Gasteiger partial charge in [-0.3, -0.25) is 9.69 Å². The lowest BCUT2D eigenvalue weighted by molar-refractivity contribution is -0.0699. The largest absolute Gasteiger partial charge is 0.492 e. The summed E-state index contributed by atoms with van der Waals surface area (Å²) >= 11 is 0. The normalized spacial score (nSPS) is 19.3. The van der Waals surface area contributed by atoms with Gasteiger partial charge in [0, 0.05) is 25.2 Å². The minimum Gasteiger partial charge on any atom is -0.492 e. The molecule has 2 unspecified atom stereocenters. The topological polar surface area (TPSA) is 128 Å². The van der Waals surface area contributed by atoms with Crippen molar-refractivity contribution < 1.29 is 9.47 Å². The second kappa shape index (κ2) is 8.78. The number of ether oxygens (including phenoxy) is 2. The predicted octanol–water partition coefficient (Wildman–Crippen LogP) is 1.86. The van der Waals surface area contributed by atoms with Crippen molar-refractivity contribution in [2.24, 2.45) is 0 Å². The second-order valence-corrected chi connectivity index (χ2v) is 7.11. The maximum atomic E-state index is 12.0. The van der Waals surface area contributed by atoms with Crippen LogP contribution in [0, 0.1) is 22.7 Å². The van der Waals surface area contributed by atoms with Gasteiger partial charge in [-0.25, -0.2) is 0 Å². The van der Waals surface area contributed by atoms with Gasteiger partial charge < -0.3 is 20.2 Å². The Balaban J connectivity index is 1.72. The van der Waals surface area contributed by atoms with Crippen molar-refractivity contribution >= 4 is 5.82 Å². The van der Waals surface area contributed by atoms with Gasteiger partial charge in [0.2, 0.25) is 0 Å². The Kier molecular flexibility index (Phi) is 6.18. The zero-order chi connectivity index (χ0) is 21.0. The minimum absolute atomic E-state index is 0.0548. The summed E-state index contributed by atoms with van der Waals surface area (Å²) in [5, 5.41) is 18.7. The Bertz CT molecular complexity index is 1010. The molecule has 0 spiro atoms. The zero-order valence-electron chi connectivity index (χ0n) is 16.4. The highest BCUT2D eigenvalue weighted by molar-refractivity contribution is 5.80. The molecule has 29 heavy (non-hydrogen) atoms.